The van der Waals surface area contributed by atoms with Crippen molar-refractivity contribution in [3.63, 3.8) is 0 Å². The van der Waals surface area contributed by atoms with E-state index in [1.807, 2.05) is 0 Å². The Morgan fingerprint density at radius 1 is 0.706 bits per heavy atom. The Morgan fingerprint density at radius 2 is 1.03 bits per heavy atom. The van der Waals surface area contributed by atoms with Gasteiger partial charge in [0, 0.05) is 12.8 Å². The predicted molar refractivity (Wildman–Crippen MR) is 110 cm³/mol. The number of aliphatic carboxylic acids is 2. The maximum absolute atomic E-state index is 10.7. The quantitative estimate of drug-likeness (QED) is 0.123. The highest BCUT2D eigenvalue weighted by atomic mass is 16.7. The third-order valence-corrected chi connectivity index (χ3v) is 4.08. The Kier molecular flexibility index (Phi) is 9.64. The van der Waals surface area contributed by atoms with Gasteiger partial charge in [0.05, 0.1) is 0 Å². The number of nitro groups is 2. The summed E-state index contributed by atoms with van der Waals surface area (Å²) in [7, 11) is 0. The number of carboxylic acids is 2. The van der Waals surface area contributed by atoms with Crippen molar-refractivity contribution in [1.29, 1.82) is 0 Å². The molecule has 0 fully saturated rings. The topological polar surface area (TPSA) is 266 Å². The summed E-state index contributed by atoms with van der Waals surface area (Å²) >= 11 is 0. The summed E-state index contributed by atoms with van der Waals surface area (Å²) in [5.74, 6) is -4.27. The number of rotatable bonds is 10. The Balaban J connectivity index is 0.000000340. The van der Waals surface area contributed by atoms with Crippen LogP contribution in [-0.2, 0) is 22.4 Å². The van der Waals surface area contributed by atoms with Crippen LogP contribution in [0.4, 0.5) is 0 Å². The molecule has 34 heavy (non-hydrogen) atoms. The van der Waals surface area contributed by atoms with Gasteiger partial charge in [0.15, 0.2) is 45.1 Å². The zero-order valence-electron chi connectivity index (χ0n) is 17.1. The van der Waals surface area contributed by atoms with E-state index in [4.69, 9.17) is 20.4 Å². The number of nitrogens with one attached hydrogen (secondary N) is 2. The van der Waals surface area contributed by atoms with Crippen LogP contribution >= 0.6 is 0 Å². The number of carbonyl (C=O) groups is 2. The SMILES string of the molecule is O=C(O)[C@H](Cc1ccc(O)c(O)c1)N[N+](=O)[O-].O=C(O)[C@H](Cc1ccc(O)c(O)c1)N[N+](=O)[O-]. The molecule has 0 aromatic heterocycles. The normalized spacial score (nSPS) is 11.8. The van der Waals surface area contributed by atoms with E-state index in [1.54, 1.807) is 10.9 Å². The number of phenolic OH excluding ortho intramolecular Hbond substituents is 4. The highest BCUT2D eigenvalue weighted by Gasteiger charge is 2.23. The second kappa shape index (κ2) is 12.1. The fourth-order valence-corrected chi connectivity index (χ4v) is 2.49. The van der Waals surface area contributed by atoms with Crippen LogP contribution in [0.1, 0.15) is 11.1 Å². The lowest BCUT2D eigenvalue weighted by atomic mass is 10.1. The standard InChI is InChI=1S/2C9H10N2O6/c2*12-7-2-1-5(4-8(7)13)3-6(9(14)15)10-11(16)17/h2*1-2,4,6,10,12-13H,3H2,(H,14,15)/t2*6-/m00/s1. The van der Waals surface area contributed by atoms with E-state index in [-0.39, 0.29) is 24.3 Å². The van der Waals surface area contributed by atoms with E-state index >= 15 is 0 Å². The minimum Gasteiger partial charge on any atom is -0.504 e. The molecule has 2 rings (SSSR count). The number of phenols is 4. The first kappa shape index (κ1) is 27.0. The first-order valence-electron chi connectivity index (χ1n) is 9.08. The third kappa shape index (κ3) is 9.00. The van der Waals surface area contributed by atoms with Gasteiger partial charge in [-0.15, -0.1) is 10.9 Å². The van der Waals surface area contributed by atoms with Crippen LogP contribution in [-0.4, -0.2) is 64.7 Å². The minimum absolute atomic E-state index is 0.190. The Bertz CT molecular complexity index is 978. The van der Waals surface area contributed by atoms with E-state index < -0.39 is 45.6 Å². The molecule has 0 radical (unpaired) electrons. The molecular weight excluding hydrogens is 464 g/mol. The number of hydrogen-bond donors (Lipinski definition) is 8. The van der Waals surface area contributed by atoms with Crippen molar-refractivity contribution in [3.8, 4) is 23.0 Å². The molecule has 0 unspecified atom stereocenters. The van der Waals surface area contributed by atoms with Gasteiger partial charge >= 0.3 is 11.9 Å². The number of nitrogens with zero attached hydrogens (tertiary/aromatic N) is 2. The maximum atomic E-state index is 10.7. The van der Waals surface area contributed by atoms with Crippen LogP contribution in [0.2, 0.25) is 0 Å². The van der Waals surface area contributed by atoms with Gasteiger partial charge in [0.25, 0.3) is 0 Å². The van der Waals surface area contributed by atoms with Gasteiger partial charge in [-0.1, -0.05) is 12.1 Å². The fourth-order valence-electron chi connectivity index (χ4n) is 2.49. The molecule has 2 atom stereocenters. The number of benzene rings is 2. The van der Waals surface area contributed by atoms with Crippen LogP contribution < -0.4 is 10.9 Å². The van der Waals surface area contributed by atoms with Crippen molar-refractivity contribution in [2.75, 3.05) is 0 Å². The van der Waals surface area contributed by atoms with Crippen LogP contribution in [0.3, 0.4) is 0 Å². The molecule has 16 nitrogen and oxygen atoms in total. The Morgan fingerprint density at radius 3 is 1.26 bits per heavy atom. The lowest BCUT2D eigenvalue weighted by Gasteiger charge is -2.09. The molecule has 2 aromatic rings. The average molecular weight is 484 g/mol. The van der Waals surface area contributed by atoms with Crippen LogP contribution in [0.5, 0.6) is 23.0 Å². The summed E-state index contributed by atoms with van der Waals surface area (Å²) in [6.45, 7) is 0. The van der Waals surface area contributed by atoms with E-state index in [0.29, 0.717) is 11.1 Å². The summed E-state index contributed by atoms with van der Waals surface area (Å²) in [6, 6.07) is 4.56. The van der Waals surface area contributed by atoms with Crippen molar-refractivity contribution in [2.24, 2.45) is 0 Å². The largest absolute Gasteiger partial charge is 0.504 e. The molecule has 0 aliphatic carbocycles. The average Bonchev–Trinajstić information content (AvgIpc) is 2.72. The van der Waals surface area contributed by atoms with E-state index in [0.717, 1.165) is 12.1 Å². The van der Waals surface area contributed by atoms with Crippen molar-refractivity contribution < 1.29 is 50.3 Å². The summed E-state index contributed by atoms with van der Waals surface area (Å²) in [6.07, 6.45) is -0.381. The van der Waals surface area contributed by atoms with Crippen LogP contribution in [0, 0.1) is 20.2 Å². The first-order chi connectivity index (χ1) is 15.8. The van der Waals surface area contributed by atoms with Gasteiger partial charge in [-0.2, -0.15) is 0 Å². The van der Waals surface area contributed by atoms with Crippen molar-refractivity contribution in [3.05, 3.63) is 67.8 Å². The van der Waals surface area contributed by atoms with E-state index in [9.17, 15) is 40.0 Å². The molecule has 8 N–H and O–H groups in total. The van der Waals surface area contributed by atoms with E-state index in [2.05, 4.69) is 0 Å². The number of carboxylic acid groups (broad SMARTS) is 2. The van der Waals surface area contributed by atoms with Crippen molar-refractivity contribution in [2.45, 2.75) is 24.9 Å². The number of hydrogen-bond acceptors (Lipinski definition) is 10. The molecule has 184 valence electrons. The van der Waals surface area contributed by atoms with Gasteiger partial charge in [-0.05, 0) is 35.4 Å². The first-order valence-corrected chi connectivity index (χ1v) is 9.08. The summed E-state index contributed by atoms with van der Waals surface area (Å²) in [4.78, 5) is 41.8. The van der Waals surface area contributed by atoms with Gasteiger partial charge < -0.3 is 30.6 Å². The van der Waals surface area contributed by atoms with Gasteiger partial charge in [-0.3, -0.25) is 0 Å². The lowest BCUT2D eigenvalue weighted by molar-refractivity contribution is -0.548. The van der Waals surface area contributed by atoms with Crippen LogP contribution in [0.25, 0.3) is 0 Å². The Hall–Kier alpha value is -5.02. The zero-order valence-corrected chi connectivity index (χ0v) is 17.1. The smallest absolute Gasteiger partial charge is 0.332 e. The molecule has 2 aromatic carbocycles. The van der Waals surface area contributed by atoms with Gasteiger partial charge in [-0.25, -0.2) is 29.8 Å². The highest BCUT2D eigenvalue weighted by molar-refractivity contribution is 5.74. The fraction of sp³-hybridized carbons (Fsp3) is 0.222. The maximum Gasteiger partial charge on any atom is 0.332 e. The number of hydrazine groups is 2. The minimum atomic E-state index is -1.41. The molecule has 0 aliphatic rings. The lowest BCUT2D eigenvalue weighted by Crippen LogP contribution is -2.41. The summed E-state index contributed by atoms with van der Waals surface area (Å²) in [5, 5.41) is 72.3. The molecule has 0 heterocycles. The van der Waals surface area contributed by atoms with E-state index in [1.165, 1.54) is 24.3 Å². The monoisotopic (exact) mass is 484 g/mol. The highest BCUT2D eigenvalue weighted by Crippen LogP contribution is 2.26. The molecule has 16 heteroatoms. The van der Waals surface area contributed by atoms with Gasteiger partial charge in [0.2, 0.25) is 0 Å². The van der Waals surface area contributed by atoms with Crippen molar-refractivity contribution >= 4 is 11.9 Å². The molecule has 0 amide bonds. The van der Waals surface area contributed by atoms with Crippen molar-refractivity contribution in [1.82, 2.24) is 10.9 Å². The second-order valence-electron chi connectivity index (χ2n) is 6.61. The zero-order chi connectivity index (χ0) is 26.0. The summed E-state index contributed by atoms with van der Waals surface area (Å²) < 4.78 is 0. The molecular formula is C18H20N4O12. The Labute approximate surface area is 189 Å². The molecule has 0 spiro atoms. The second-order valence-corrected chi connectivity index (χ2v) is 6.61. The van der Waals surface area contributed by atoms with Crippen LogP contribution in [0.15, 0.2) is 36.4 Å². The molecule has 0 aliphatic heterocycles. The molecule has 0 saturated heterocycles. The third-order valence-electron chi connectivity index (χ3n) is 4.08. The summed E-state index contributed by atoms with van der Waals surface area (Å²) in [5.41, 5.74) is 3.98. The predicted octanol–water partition coefficient (Wildman–Crippen LogP) is -0.250. The molecule has 0 bridgehead atoms. The number of aromatic hydroxyl groups is 4. The molecule has 0 saturated carbocycles. The van der Waals surface area contributed by atoms with Gasteiger partial charge in [0.1, 0.15) is 0 Å².